The molecule has 0 amide bonds. The fourth-order valence-corrected chi connectivity index (χ4v) is 0.470. The fourth-order valence-electron chi connectivity index (χ4n) is 0.470. The van der Waals surface area contributed by atoms with Crippen LogP contribution in [0.3, 0.4) is 0 Å². The van der Waals surface area contributed by atoms with Crippen LogP contribution in [0.4, 0.5) is 0 Å². The first-order valence-corrected chi connectivity index (χ1v) is 3.99. The van der Waals surface area contributed by atoms with Crippen molar-refractivity contribution in [1.29, 1.82) is 0 Å². The second-order valence-electron chi connectivity index (χ2n) is 2.21. The van der Waals surface area contributed by atoms with E-state index in [0.717, 1.165) is 0 Å². The Balaban J connectivity index is -0.000000720. The number of hydrogen-bond acceptors (Lipinski definition) is 5. The van der Waals surface area contributed by atoms with Gasteiger partial charge in [-0.05, 0) is 0 Å². The fraction of sp³-hybridized carbons (Fsp3) is 0.625. The van der Waals surface area contributed by atoms with E-state index in [1.165, 1.54) is 0 Å². The second kappa shape index (κ2) is 9.18. The van der Waals surface area contributed by atoms with Crippen molar-refractivity contribution in [3.8, 4) is 0 Å². The Labute approximate surface area is 106 Å². The quantitative estimate of drug-likeness (QED) is 0.293. The summed E-state index contributed by atoms with van der Waals surface area (Å²) in [5, 5.41) is 0. The summed E-state index contributed by atoms with van der Waals surface area (Å²) in [6.45, 7) is 2.66. The van der Waals surface area contributed by atoms with Crippen molar-refractivity contribution in [1.82, 2.24) is 0 Å². The molecule has 0 fully saturated rings. The topological polar surface area (TPSA) is 69.7 Å². The van der Waals surface area contributed by atoms with Gasteiger partial charge in [0.1, 0.15) is 0 Å². The van der Waals surface area contributed by atoms with Gasteiger partial charge in [-0.3, -0.25) is 9.59 Å². The Bertz CT molecular complexity index is 219. The monoisotopic (exact) mass is 212 g/mol. The van der Waals surface area contributed by atoms with Gasteiger partial charge >= 0.3 is 47.5 Å². The molecule has 0 radical (unpaired) electrons. The smallest absolute Gasteiger partial charge is 1.00 e. The van der Waals surface area contributed by atoms with Crippen LogP contribution in [0.15, 0.2) is 0 Å². The van der Waals surface area contributed by atoms with Gasteiger partial charge in [0.2, 0.25) is 0 Å². The maximum atomic E-state index is 10.7. The Morgan fingerprint density at radius 2 is 1.50 bits per heavy atom. The predicted molar refractivity (Wildman–Crippen MR) is 43.8 cm³/mol. The van der Waals surface area contributed by atoms with Crippen molar-refractivity contribution in [2.75, 3.05) is 6.61 Å². The molecule has 0 rings (SSSR count). The van der Waals surface area contributed by atoms with E-state index in [-0.39, 0.29) is 43.8 Å². The molecule has 0 bridgehead atoms. The largest absolute Gasteiger partial charge is 1.00 e. The van der Waals surface area contributed by atoms with Gasteiger partial charge in [-0.1, -0.05) is 13.8 Å². The Morgan fingerprint density at radius 1 is 1.00 bits per heavy atom. The summed E-state index contributed by atoms with van der Waals surface area (Å²) in [7, 11) is 0. The van der Waals surface area contributed by atoms with Gasteiger partial charge in [-0.2, -0.15) is 0 Å². The zero-order valence-corrected chi connectivity index (χ0v) is 10.7. The maximum absolute atomic E-state index is 10.7. The predicted octanol–water partition coefficient (Wildman–Crippen LogP) is -2.46. The van der Waals surface area contributed by atoms with Crippen LogP contribution in [0.5, 0.6) is 0 Å². The molecular weight excluding hydrogens is 199 g/mol. The summed E-state index contributed by atoms with van der Waals surface area (Å²) in [6, 6.07) is 0. The Hall–Kier alpha value is -0.390. The molecular formula is C8H13NaO5. The summed E-state index contributed by atoms with van der Waals surface area (Å²) in [5.41, 5.74) is 0. The van der Waals surface area contributed by atoms with E-state index in [2.05, 4.69) is 9.47 Å². The maximum Gasteiger partial charge on any atom is 1.00 e. The first-order chi connectivity index (χ1) is 6.10. The molecule has 0 aliphatic carbocycles. The van der Waals surface area contributed by atoms with Crippen LogP contribution in [0.1, 0.15) is 28.1 Å². The number of carbonyl (C=O) groups excluding carboxylic acids is 3. The van der Waals surface area contributed by atoms with Crippen molar-refractivity contribution < 1.29 is 54.8 Å². The van der Waals surface area contributed by atoms with E-state index < -0.39 is 24.5 Å². The molecule has 0 unspecified atom stereocenters. The number of carbonyl (C=O) groups is 3. The average molecular weight is 212 g/mol. The van der Waals surface area contributed by atoms with Crippen molar-refractivity contribution in [2.24, 2.45) is 0 Å². The van der Waals surface area contributed by atoms with Crippen LogP contribution in [0.2, 0.25) is 0 Å². The van der Waals surface area contributed by atoms with Crippen LogP contribution in [-0.4, -0.2) is 24.5 Å². The van der Waals surface area contributed by atoms with Gasteiger partial charge in [-0.25, -0.2) is 4.79 Å². The van der Waals surface area contributed by atoms with Crippen molar-refractivity contribution in [3.05, 3.63) is 0 Å². The minimum absolute atomic E-state index is 0. The van der Waals surface area contributed by atoms with Crippen LogP contribution < -0.4 is 29.6 Å². The summed E-state index contributed by atoms with van der Waals surface area (Å²) >= 11 is 0. The Kier molecular flexibility index (Phi) is 10.5. The van der Waals surface area contributed by atoms with E-state index in [1.807, 2.05) is 0 Å². The molecule has 76 valence electrons. The normalized spacial score (nSPS) is 8.43. The molecule has 0 aromatic carbocycles. The van der Waals surface area contributed by atoms with Gasteiger partial charge in [0.05, 0.1) is 0 Å². The molecule has 14 heavy (non-hydrogen) atoms. The molecule has 6 heteroatoms. The molecule has 0 heterocycles. The zero-order valence-electron chi connectivity index (χ0n) is 9.66. The summed E-state index contributed by atoms with van der Waals surface area (Å²) in [5.74, 6) is -1.97. The second-order valence-corrected chi connectivity index (χ2v) is 2.21. The van der Waals surface area contributed by atoms with E-state index in [0.29, 0.717) is 0 Å². The molecule has 0 atom stereocenters. The molecule has 0 aliphatic heterocycles. The third-order valence-electron chi connectivity index (χ3n) is 1.16. The number of rotatable bonds is 4. The molecule has 5 nitrogen and oxygen atoms in total. The third kappa shape index (κ3) is 8.22. The number of hydrogen-bond donors (Lipinski definition) is 0. The van der Waals surface area contributed by atoms with Crippen LogP contribution in [0.25, 0.3) is 0 Å². The zero-order chi connectivity index (χ0) is 10.3. The van der Waals surface area contributed by atoms with Crippen LogP contribution in [0, 0.1) is 0 Å². The van der Waals surface area contributed by atoms with Crippen LogP contribution in [-0.2, 0) is 23.9 Å². The number of esters is 3. The van der Waals surface area contributed by atoms with E-state index in [1.54, 1.807) is 13.8 Å². The SMILES string of the molecule is CCC(=O)OCC(=O)OC(=O)CC.[H-].[Na+]. The molecule has 0 spiro atoms. The molecule has 0 N–H and O–H groups in total. The molecule has 0 aromatic heterocycles. The average Bonchev–Trinajstić information content (AvgIpc) is 2.13. The first kappa shape index (κ1) is 16.1. The Morgan fingerprint density at radius 3 is 1.93 bits per heavy atom. The van der Waals surface area contributed by atoms with E-state index >= 15 is 0 Å². The van der Waals surface area contributed by atoms with E-state index in [4.69, 9.17) is 0 Å². The van der Waals surface area contributed by atoms with Gasteiger partial charge in [0, 0.05) is 12.8 Å². The van der Waals surface area contributed by atoms with Crippen molar-refractivity contribution in [3.63, 3.8) is 0 Å². The standard InChI is InChI=1S/C8H12O5.Na.H/c1-3-6(9)12-5-8(11)13-7(10)4-2;;/h3-5H2,1-2H3;;/q;+1;-1. The number of ether oxygens (including phenoxy) is 2. The van der Waals surface area contributed by atoms with Gasteiger partial charge < -0.3 is 10.9 Å². The molecule has 0 saturated carbocycles. The summed E-state index contributed by atoms with van der Waals surface area (Å²) in [4.78, 5) is 31.8. The van der Waals surface area contributed by atoms with Gasteiger partial charge in [-0.15, -0.1) is 0 Å². The summed E-state index contributed by atoms with van der Waals surface area (Å²) < 4.78 is 8.67. The van der Waals surface area contributed by atoms with Crippen molar-refractivity contribution >= 4 is 17.9 Å². The van der Waals surface area contributed by atoms with E-state index in [9.17, 15) is 14.4 Å². The molecule has 0 aliphatic rings. The minimum atomic E-state index is -0.839. The third-order valence-corrected chi connectivity index (χ3v) is 1.16. The minimum Gasteiger partial charge on any atom is -1.00 e. The first-order valence-electron chi connectivity index (χ1n) is 3.99. The summed E-state index contributed by atoms with van der Waals surface area (Å²) in [6.07, 6.45) is 0.308. The van der Waals surface area contributed by atoms with Crippen LogP contribution >= 0.6 is 0 Å². The van der Waals surface area contributed by atoms with Gasteiger partial charge in [0.15, 0.2) is 6.61 Å². The van der Waals surface area contributed by atoms with Gasteiger partial charge in [0.25, 0.3) is 0 Å². The molecule has 0 saturated heterocycles. The van der Waals surface area contributed by atoms with Crippen molar-refractivity contribution in [2.45, 2.75) is 26.7 Å². The molecule has 0 aromatic rings.